The average Bonchev–Trinajstić information content (AvgIpc) is 3.16. The molecule has 0 amide bonds. The van der Waals surface area contributed by atoms with Crippen molar-refractivity contribution in [3.8, 4) is 17.4 Å². The highest BCUT2D eigenvalue weighted by Crippen LogP contribution is 2.29. The quantitative estimate of drug-likeness (QED) is 0.393. The summed E-state index contributed by atoms with van der Waals surface area (Å²) in [6.07, 6.45) is 1.63. The number of nitriles is 1. The van der Waals surface area contributed by atoms with Crippen LogP contribution in [-0.4, -0.2) is 13.1 Å². The van der Waals surface area contributed by atoms with Gasteiger partial charge in [-0.2, -0.15) is 5.26 Å². The zero-order chi connectivity index (χ0) is 19.4. The Morgan fingerprint density at radius 2 is 1.74 bits per heavy atom. The van der Waals surface area contributed by atoms with Crippen molar-refractivity contribution in [2.75, 3.05) is 7.11 Å². The molecule has 4 nitrogen and oxygen atoms in total. The molecular weight excluding hydrogens is 385 g/mol. The van der Waals surface area contributed by atoms with Gasteiger partial charge in [0, 0.05) is 5.56 Å². The van der Waals surface area contributed by atoms with Gasteiger partial charge in [0.15, 0.2) is 0 Å². The van der Waals surface area contributed by atoms with E-state index in [1.165, 1.54) is 7.11 Å². The third-order valence-corrected chi connectivity index (χ3v) is 4.59. The van der Waals surface area contributed by atoms with Crippen molar-refractivity contribution < 1.29 is 13.9 Å². The Bertz CT molecular complexity index is 1060. The lowest BCUT2D eigenvalue weighted by Gasteiger charge is -2.02. The van der Waals surface area contributed by atoms with Crippen molar-refractivity contribution in [1.82, 2.24) is 0 Å². The van der Waals surface area contributed by atoms with E-state index in [0.717, 1.165) is 5.56 Å². The van der Waals surface area contributed by atoms with Crippen molar-refractivity contribution in [1.29, 1.82) is 5.26 Å². The third kappa shape index (κ3) is 4.22. The number of carbonyl (C=O) groups excluding carboxylic acids is 1. The number of hydrogen-bond donors (Lipinski definition) is 0. The first-order chi connectivity index (χ1) is 13.0. The molecule has 0 bridgehead atoms. The Kier molecular flexibility index (Phi) is 5.66. The van der Waals surface area contributed by atoms with Crippen molar-refractivity contribution in [3.63, 3.8) is 0 Å². The number of halogens is 2. The van der Waals surface area contributed by atoms with E-state index in [0.29, 0.717) is 38.3 Å². The number of carbonyl (C=O) groups is 1. The van der Waals surface area contributed by atoms with Gasteiger partial charge in [0.2, 0.25) is 0 Å². The van der Waals surface area contributed by atoms with Gasteiger partial charge in [-0.15, -0.1) is 0 Å². The van der Waals surface area contributed by atoms with Crippen LogP contribution in [0.3, 0.4) is 0 Å². The predicted molar refractivity (Wildman–Crippen MR) is 105 cm³/mol. The molecule has 134 valence electrons. The van der Waals surface area contributed by atoms with E-state index >= 15 is 0 Å². The van der Waals surface area contributed by atoms with E-state index in [1.54, 1.807) is 60.7 Å². The molecule has 2 aromatic carbocycles. The standard InChI is InChI=1S/C21H13Cl2NO3/c1-26-21(25)14-4-2-13(3-5-14)20-9-7-17(27-20)10-16(12-24)15-6-8-18(22)19(23)11-15/h2-11H,1H3/b16-10-. The summed E-state index contributed by atoms with van der Waals surface area (Å²) in [6.45, 7) is 0. The summed E-state index contributed by atoms with van der Waals surface area (Å²) < 4.78 is 10.5. The van der Waals surface area contributed by atoms with Crippen LogP contribution in [-0.2, 0) is 4.74 Å². The van der Waals surface area contributed by atoms with Gasteiger partial charge in [0.1, 0.15) is 11.5 Å². The number of rotatable bonds is 4. The summed E-state index contributed by atoms with van der Waals surface area (Å²) in [7, 11) is 1.34. The number of esters is 1. The second-order valence-electron chi connectivity index (χ2n) is 5.57. The lowest BCUT2D eigenvalue weighted by Crippen LogP contribution is -2.00. The fourth-order valence-electron chi connectivity index (χ4n) is 2.46. The first-order valence-electron chi connectivity index (χ1n) is 7.87. The van der Waals surface area contributed by atoms with E-state index in [2.05, 4.69) is 10.8 Å². The molecule has 0 aliphatic rings. The van der Waals surface area contributed by atoms with Gasteiger partial charge in [0.25, 0.3) is 0 Å². The van der Waals surface area contributed by atoms with Crippen LogP contribution in [0.5, 0.6) is 0 Å². The molecule has 0 aliphatic heterocycles. The van der Waals surface area contributed by atoms with Crippen molar-refractivity contribution in [2.24, 2.45) is 0 Å². The molecule has 0 saturated heterocycles. The number of benzene rings is 2. The van der Waals surface area contributed by atoms with E-state index < -0.39 is 5.97 Å². The van der Waals surface area contributed by atoms with Crippen LogP contribution in [0.15, 0.2) is 59.0 Å². The highest BCUT2D eigenvalue weighted by atomic mass is 35.5. The Labute approximate surface area is 166 Å². The summed E-state index contributed by atoms with van der Waals surface area (Å²) in [6, 6.07) is 17.5. The molecule has 0 fully saturated rings. The summed E-state index contributed by atoms with van der Waals surface area (Å²) >= 11 is 11.9. The normalized spacial score (nSPS) is 11.1. The van der Waals surface area contributed by atoms with E-state index in [-0.39, 0.29) is 0 Å². The van der Waals surface area contributed by atoms with Gasteiger partial charge < -0.3 is 9.15 Å². The van der Waals surface area contributed by atoms with Crippen LogP contribution in [0.1, 0.15) is 21.7 Å². The minimum absolute atomic E-state index is 0.376. The van der Waals surface area contributed by atoms with Crippen molar-refractivity contribution in [3.05, 3.63) is 81.5 Å². The number of allylic oxidation sites excluding steroid dienone is 1. The molecule has 0 aliphatic carbocycles. The Morgan fingerprint density at radius 1 is 1.04 bits per heavy atom. The molecule has 0 saturated carbocycles. The van der Waals surface area contributed by atoms with Gasteiger partial charge in [-0.25, -0.2) is 4.79 Å². The monoisotopic (exact) mass is 397 g/mol. The number of ether oxygens (including phenoxy) is 1. The second-order valence-corrected chi connectivity index (χ2v) is 6.38. The lowest BCUT2D eigenvalue weighted by atomic mass is 10.1. The lowest BCUT2D eigenvalue weighted by molar-refractivity contribution is 0.0600. The fraction of sp³-hybridized carbons (Fsp3) is 0.0476. The van der Waals surface area contributed by atoms with Crippen molar-refractivity contribution >= 4 is 40.8 Å². The van der Waals surface area contributed by atoms with Gasteiger partial charge in [-0.1, -0.05) is 41.4 Å². The molecule has 0 spiro atoms. The second kappa shape index (κ2) is 8.13. The Hall–Kier alpha value is -3.00. The minimum Gasteiger partial charge on any atom is -0.465 e. The highest BCUT2D eigenvalue weighted by Gasteiger charge is 2.09. The van der Waals surface area contributed by atoms with Crippen LogP contribution in [0.2, 0.25) is 10.0 Å². The molecule has 0 radical (unpaired) electrons. The predicted octanol–water partition coefficient (Wildman–Crippen LogP) is 6.10. The average molecular weight is 398 g/mol. The van der Waals surface area contributed by atoms with Gasteiger partial charge in [-0.05, 0) is 48.0 Å². The zero-order valence-corrected chi connectivity index (χ0v) is 15.7. The summed E-state index contributed by atoms with van der Waals surface area (Å²) in [4.78, 5) is 11.5. The Balaban J connectivity index is 1.88. The molecule has 3 rings (SSSR count). The molecule has 3 aromatic rings. The minimum atomic E-state index is -0.398. The largest absolute Gasteiger partial charge is 0.465 e. The number of hydrogen-bond acceptors (Lipinski definition) is 4. The SMILES string of the molecule is COC(=O)c1ccc(-c2ccc(/C=C(/C#N)c3ccc(Cl)c(Cl)c3)o2)cc1. The Morgan fingerprint density at radius 3 is 2.37 bits per heavy atom. The smallest absolute Gasteiger partial charge is 0.337 e. The van der Waals surface area contributed by atoms with Gasteiger partial charge in [-0.3, -0.25) is 0 Å². The number of nitrogens with zero attached hydrogens (tertiary/aromatic N) is 1. The molecule has 27 heavy (non-hydrogen) atoms. The van der Waals surface area contributed by atoms with Crippen molar-refractivity contribution in [2.45, 2.75) is 0 Å². The maximum absolute atomic E-state index is 11.5. The van der Waals surface area contributed by atoms with E-state index in [9.17, 15) is 10.1 Å². The number of furan rings is 1. The molecule has 1 heterocycles. The highest BCUT2D eigenvalue weighted by molar-refractivity contribution is 6.42. The first-order valence-corrected chi connectivity index (χ1v) is 8.63. The number of methoxy groups -OCH3 is 1. The van der Waals surface area contributed by atoms with Crippen LogP contribution in [0, 0.1) is 11.3 Å². The zero-order valence-electron chi connectivity index (χ0n) is 14.2. The molecule has 0 unspecified atom stereocenters. The van der Waals surface area contributed by atoms with E-state index in [1.807, 2.05) is 0 Å². The molecular formula is C21H13Cl2NO3. The van der Waals surface area contributed by atoms with Crippen LogP contribution >= 0.6 is 23.2 Å². The van der Waals surface area contributed by atoms with Crippen LogP contribution < -0.4 is 0 Å². The van der Waals surface area contributed by atoms with Gasteiger partial charge >= 0.3 is 5.97 Å². The molecule has 0 atom stereocenters. The van der Waals surface area contributed by atoms with E-state index in [4.69, 9.17) is 27.6 Å². The van der Waals surface area contributed by atoms with Crippen LogP contribution in [0.25, 0.3) is 23.0 Å². The summed E-state index contributed by atoms with van der Waals surface area (Å²) in [5, 5.41) is 10.3. The fourth-order valence-corrected chi connectivity index (χ4v) is 2.76. The van der Waals surface area contributed by atoms with Gasteiger partial charge in [0.05, 0.1) is 34.4 Å². The third-order valence-electron chi connectivity index (χ3n) is 3.85. The molecule has 0 N–H and O–H groups in total. The molecule has 1 aromatic heterocycles. The summed E-state index contributed by atoms with van der Waals surface area (Å²) in [5.74, 6) is 0.735. The topological polar surface area (TPSA) is 63.2 Å². The maximum Gasteiger partial charge on any atom is 0.337 e. The maximum atomic E-state index is 11.5. The first kappa shape index (κ1) is 18.8. The molecule has 6 heteroatoms. The summed E-state index contributed by atoms with van der Waals surface area (Å²) in [5.41, 5.74) is 2.30. The van der Waals surface area contributed by atoms with Crippen LogP contribution in [0.4, 0.5) is 0 Å².